The molecule has 2 aliphatic heterocycles. The van der Waals surface area contributed by atoms with Crippen LogP contribution < -0.4 is 15.5 Å². The number of cyclic esters (lactones) is 1. The topological polar surface area (TPSA) is 92.3 Å². The van der Waals surface area contributed by atoms with E-state index in [1.54, 1.807) is 0 Å². The number of hydrogen-bond acceptors (Lipinski definition) is 7. The molecule has 2 aromatic heterocycles. The summed E-state index contributed by atoms with van der Waals surface area (Å²) in [7, 11) is 2.08. The number of hydrogen-bond donors (Lipinski definition) is 2. The van der Waals surface area contributed by atoms with Crippen molar-refractivity contribution in [1.29, 1.82) is 0 Å². The fraction of sp³-hybridized carbons (Fsp3) is 0.474. The molecule has 2 aliphatic rings. The molecule has 154 valence electrons. The van der Waals surface area contributed by atoms with E-state index in [9.17, 15) is 9.18 Å². The minimum absolute atomic E-state index is 0.239. The van der Waals surface area contributed by atoms with E-state index in [0.717, 1.165) is 31.0 Å². The van der Waals surface area contributed by atoms with Gasteiger partial charge in [0, 0.05) is 25.7 Å². The predicted molar refractivity (Wildman–Crippen MR) is 112 cm³/mol. The van der Waals surface area contributed by atoms with E-state index < -0.39 is 17.6 Å². The second kappa shape index (κ2) is 7.46. The molecule has 0 radical (unpaired) electrons. The Kier molecular flexibility index (Phi) is 5.12. The lowest BCUT2D eigenvalue weighted by atomic mass is 10.00. The van der Waals surface area contributed by atoms with Crippen molar-refractivity contribution in [3.8, 4) is 11.4 Å². The van der Waals surface area contributed by atoms with E-state index in [1.807, 2.05) is 19.1 Å². The van der Waals surface area contributed by atoms with Crippen LogP contribution in [0.1, 0.15) is 31.1 Å². The van der Waals surface area contributed by atoms with Gasteiger partial charge in [0.25, 0.3) is 0 Å². The second-order valence-corrected chi connectivity index (χ2v) is 8.86. The Bertz CT molecular complexity index is 951. The highest BCUT2D eigenvalue weighted by atomic mass is 31.0. The third kappa shape index (κ3) is 4.02. The summed E-state index contributed by atoms with van der Waals surface area (Å²) in [5.74, 6) is 1.08. The zero-order valence-corrected chi connectivity index (χ0v) is 17.7. The van der Waals surface area contributed by atoms with Crippen molar-refractivity contribution in [3.63, 3.8) is 0 Å². The Balaban J connectivity index is 1.82. The monoisotopic (exact) mass is 418 g/mol. The number of ether oxygens (including phenoxy) is 1. The normalized spacial score (nSPS) is 23.6. The van der Waals surface area contributed by atoms with Gasteiger partial charge in [-0.15, -0.1) is 0 Å². The van der Waals surface area contributed by atoms with Gasteiger partial charge in [0.05, 0.1) is 11.3 Å². The molecule has 0 spiro atoms. The molecule has 1 amide bonds. The Morgan fingerprint density at radius 3 is 2.90 bits per heavy atom. The molecular formula is C19H24FN6O2P. The average Bonchev–Trinajstić information content (AvgIpc) is 2.65. The van der Waals surface area contributed by atoms with Crippen LogP contribution in [0, 0.1) is 6.92 Å². The molecule has 1 saturated heterocycles. The summed E-state index contributed by atoms with van der Waals surface area (Å²) in [6.07, 6.45) is -0.574. The van der Waals surface area contributed by atoms with Crippen LogP contribution in [0.25, 0.3) is 11.4 Å². The van der Waals surface area contributed by atoms with E-state index in [-0.39, 0.29) is 5.82 Å². The Hall–Kier alpha value is -2.38. The van der Waals surface area contributed by atoms with E-state index in [1.165, 1.54) is 13.3 Å². The van der Waals surface area contributed by atoms with Crippen LogP contribution in [0.5, 0.6) is 0 Å². The van der Waals surface area contributed by atoms with Crippen molar-refractivity contribution in [3.05, 3.63) is 29.6 Å². The molecule has 4 rings (SSSR count). The van der Waals surface area contributed by atoms with Crippen LogP contribution in [-0.2, 0) is 4.74 Å². The number of rotatable bonds is 3. The fourth-order valence-corrected chi connectivity index (χ4v) is 3.94. The number of aromatic nitrogens is 3. The number of aryl methyl sites for hydroxylation is 1. The molecule has 2 N–H and O–H groups in total. The molecule has 4 atom stereocenters. The number of alkyl halides is 1. The maximum atomic E-state index is 14.9. The summed E-state index contributed by atoms with van der Waals surface area (Å²) >= 11 is 0. The predicted octanol–water partition coefficient (Wildman–Crippen LogP) is 2.81. The van der Waals surface area contributed by atoms with Crippen LogP contribution in [0.2, 0.25) is 0 Å². The molecule has 0 aromatic carbocycles. The zero-order chi connectivity index (χ0) is 20.8. The average molecular weight is 418 g/mol. The number of pyridine rings is 1. The lowest BCUT2D eigenvalue weighted by Crippen LogP contribution is -2.49. The summed E-state index contributed by atoms with van der Waals surface area (Å²) in [6, 6.07) is 4.28. The van der Waals surface area contributed by atoms with Gasteiger partial charge in [-0.3, -0.25) is 5.32 Å². The van der Waals surface area contributed by atoms with Crippen molar-refractivity contribution in [2.24, 2.45) is 0 Å². The van der Waals surface area contributed by atoms with E-state index in [0.29, 0.717) is 23.0 Å². The van der Waals surface area contributed by atoms with Crippen molar-refractivity contribution >= 4 is 27.0 Å². The molecule has 0 bridgehead atoms. The molecule has 2 unspecified atom stereocenters. The van der Waals surface area contributed by atoms with Crippen molar-refractivity contribution in [1.82, 2.24) is 20.3 Å². The zero-order valence-electron chi connectivity index (χ0n) is 16.6. The summed E-state index contributed by atoms with van der Waals surface area (Å²) in [6.45, 7) is 8.02. The van der Waals surface area contributed by atoms with Crippen LogP contribution in [0.3, 0.4) is 0 Å². The first-order chi connectivity index (χ1) is 13.7. The van der Waals surface area contributed by atoms with E-state index in [2.05, 4.69) is 41.7 Å². The number of piperazine rings is 1. The van der Waals surface area contributed by atoms with E-state index >= 15 is 0 Å². The van der Waals surface area contributed by atoms with Gasteiger partial charge < -0.3 is 15.0 Å². The first-order valence-corrected chi connectivity index (χ1v) is 10.1. The lowest BCUT2D eigenvalue weighted by Gasteiger charge is -2.34. The molecule has 0 aliphatic carbocycles. The number of amides is 1. The number of nitrogens with zero attached hydrogens (tertiary/aromatic N) is 4. The molecular weight excluding hydrogens is 394 g/mol. The van der Waals surface area contributed by atoms with Gasteiger partial charge in [0.2, 0.25) is 0 Å². The second-order valence-electron chi connectivity index (χ2n) is 7.74. The van der Waals surface area contributed by atoms with Gasteiger partial charge in [-0.2, -0.15) is 0 Å². The van der Waals surface area contributed by atoms with Crippen molar-refractivity contribution in [2.75, 3.05) is 29.9 Å². The number of carbonyl (C=O) groups is 1. The molecule has 2 aromatic rings. The van der Waals surface area contributed by atoms with Crippen LogP contribution in [-0.4, -0.2) is 52.1 Å². The van der Waals surface area contributed by atoms with Crippen molar-refractivity contribution in [2.45, 2.75) is 38.3 Å². The van der Waals surface area contributed by atoms with Gasteiger partial charge in [-0.25, -0.2) is 24.1 Å². The van der Waals surface area contributed by atoms with Gasteiger partial charge >= 0.3 is 6.09 Å². The Labute approximate surface area is 170 Å². The number of carbonyl (C=O) groups excluding carboxylic acids is 1. The van der Waals surface area contributed by atoms with Crippen LogP contribution >= 0.6 is 9.24 Å². The molecule has 8 nitrogen and oxygen atoms in total. The van der Waals surface area contributed by atoms with Gasteiger partial charge in [-0.1, -0.05) is 9.24 Å². The minimum Gasteiger partial charge on any atom is -0.437 e. The Morgan fingerprint density at radius 1 is 1.38 bits per heavy atom. The molecule has 10 heteroatoms. The summed E-state index contributed by atoms with van der Waals surface area (Å²) in [5.41, 5.74) is 2.42. The van der Waals surface area contributed by atoms with Crippen molar-refractivity contribution < 1.29 is 13.9 Å². The minimum atomic E-state index is -1.90. The smallest absolute Gasteiger partial charge is 0.413 e. The number of nitrogens with one attached hydrogen (secondary N) is 2. The third-order valence-corrected chi connectivity index (χ3v) is 5.30. The standard InChI is InChI=1S/C19H24FN6O2P/c1-10-6-12(24-13(7-10)26-5-4-21-11(2)8-26)15-14-16(19(3,20)29)28-18(27)25-17(14)23-9-22-15/h6-7,9,11,16,21H,4-5,8,29H2,1-3H3,(H,22,23,25,27)/t11-,16-,19?/m0/s1. The largest absolute Gasteiger partial charge is 0.437 e. The highest BCUT2D eigenvalue weighted by molar-refractivity contribution is 7.18. The maximum Gasteiger partial charge on any atom is 0.413 e. The van der Waals surface area contributed by atoms with Gasteiger partial charge in [-0.05, 0) is 38.5 Å². The first kappa shape index (κ1) is 19.9. The Morgan fingerprint density at radius 2 is 2.17 bits per heavy atom. The first-order valence-electron chi connectivity index (χ1n) is 9.50. The summed E-state index contributed by atoms with van der Waals surface area (Å²) in [5, 5.41) is 4.06. The molecule has 1 fully saturated rings. The molecule has 0 saturated carbocycles. The van der Waals surface area contributed by atoms with E-state index in [4.69, 9.17) is 9.72 Å². The fourth-order valence-electron chi connectivity index (χ4n) is 3.71. The molecule has 29 heavy (non-hydrogen) atoms. The van der Waals surface area contributed by atoms with Gasteiger partial charge in [0.15, 0.2) is 11.5 Å². The lowest BCUT2D eigenvalue weighted by molar-refractivity contribution is 0.0386. The number of halogens is 1. The van der Waals surface area contributed by atoms with Crippen LogP contribution in [0.4, 0.5) is 20.8 Å². The van der Waals surface area contributed by atoms with Crippen LogP contribution in [0.15, 0.2) is 18.5 Å². The number of fused-ring (bicyclic) bond motifs is 1. The highest BCUT2D eigenvalue weighted by Crippen LogP contribution is 2.45. The number of anilines is 2. The third-order valence-electron chi connectivity index (χ3n) is 5.00. The summed E-state index contributed by atoms with van der Waals surface area (Å²) in [4.78, 5) is 27.4. The van der Waals surface area contributed by atoms with Gasteiger partial charge in [0.1, 0.15) is 23.7 Å². The SMILES string of the molecule is Cc1cc(-c2ncnc3c2[C@@H](C(C)(F)P)OC(=O)N3)nc(N2CCN[C@@H](C)C2)c1. The highest BCUT2D eigenvalue weighted by Gasteiger charge is 2.42. The summed E-state index contributed by atoms with van der Waals surface area (Å²) < 4.78 is 20.1. The maximum absolute atomic E-state index is 14.9. The molecule has 4 heterocycles. The quantitative estimate of drug-likeness (QED) is 0.741.